The van der Waals surface area contributed by atoms with Crippen LogP contribution in [0, 0.1) is 0 Å². The Morgan fingerprint density at radius 1 is 0.531 bits per heavy atom. The highest BCUT2D eigenvalue weighted by atomic mass is 35.5. The molecule has 32 heavy (non-hydrogen) atoms. The predicted molar refractivity (Wildman–Crippen MR) is 129 cm³/mol. The van der Waals surface area contributed by atoms with Crippen molar-refractivity contribution in [3.8, 4) is 22.6 Å². The van der Waals surface area contributed by atoms with Gasteiger partial charge in [0.05, 0.1) is 20.8 Å². The number of fused-ring (bicyclic) bond motifs is 2. The minimum absolute atomic E-state index is 0.244. The van der Waals surface area contributed by atoms with Gasteiger partial charge in [-0.3, -0.25) is 9.59 Å². The average Bonchev–Trinajstić information content (AvgIpc) is 2.72. The van der Waals surface area contributed by atoms with Crippen molar-refractivity contribution in [3.05, 3.63) is 101 Å². The lowest BCUT2D eigenvalue weighted by Gasteiger charge is -2.08. The van der Waals surface area contributed by atoms with Crippen molar-refractivity contribution in [1.29, 1.82) is 0 Å². The molecule has 0 unspecified atom stereocenters. The molecule has 0 bridgehead atoms. The fourth-order valence-electron chi connectivity index (χ4n) is 3.45. The molecule has 4 nitrogen and oxygen atoms in total. The van der Waals surface area contributed by atoms with Gasteiger partial charge in [0.25, 0.3) is 0 Å². The molecule has 0 amide bonds. The van der Waals surface area contributed by atoms with Gasteiger partial charge in [-0.1, -0.05) is 46.4 Å². The highest BCUT2D eigenvalue weighted by Crippen LogP contribution is 2.34. The van der Waals surface area contributed by atoms with Crippen molar-refractivity contribution in [2.75, 3.05) is 0 Å². The maximum atomic E-state index is 12.8. The van der Waals surface area contributed by atoms with Gasteiger partial charge in [0.15, 0.2) is 10.9 Å². The van der Waals surface area contributed by atoms with Crippen LogP contribution in [0.1, 0.15) is 0 Å². The third-order valence-electron chi connectivity index (χ3n) is 4.97. The van der Waals surface area contributed by atoms with Crippen molar-refractivity contribution in [3.63, 3.8) is 0 Å². The first-order valence-electron chi connectivity index (χ1n) is 9.27. The second kappa shape index (κ2) is 7.98. The van der Waals surface area contributed by atoms with Crippen molar-refractivity contribution < 1.29 is 8.83 Å². The predicted octanol–water partition coefficient (Wildman–Crippen LogP) is 7.85. The Kier molecular flexibility index (Phi) is 5.26. The smallest absolute Gasteiger partial charge is 0.193 e. The van der Waals surface area contributed by atoms with E-state index in [9.17, 15) is 9.59 Å². The fraction of sp³-hybridized carbons (Fsp3) is 0. The van der Waals surface area contributed by atoms with E-state index in [0.717, 1.165) is 0 Å². The molecule has 2 aromatic heterocycles. The molecule has 5 rings (SSSR count). The van der Waals surface area contributed by atoms with E-state index in [2.05, 4.69) is 0 Å². The highest BCUT2D eigenvalue weighted by molar-refractivity contribution is 6.37. The second-order valence-electron chi connectivity index (χ2n) is 7.04. The number of halogens is 4. The first-order valence-corrected chi connectivity index (χ1v) is 10.8. The van der Waals surface area contributed by atoms with E-state index in [1.807, 2.05) is 0 Å². The zero-order chi connectivity index (χ0) is 22.6. The lowest BCUT2D eigenvalue weighted by molar-refractivity contribution is 0.606. The number of hydrogen-bond acceptors (Lipinski definition) is 4. The molecule has 0 aliphatic heterocycles. The minimum Gasteiger partial charge on any atom is -0.456 e. The van der Waals surface area contributed by atoms with Gasteiger partial charge in [-0.25, -0.2) is 0 Å². The summed E-state index contributed by atoms with van der Waals surface area (Å²) in [7, 11) is 0. The van der Waals surface area contributed by atoms with Crippen LogP contribution in [0.2, 0.25) is 20.1 Å². The van der Waals surface area contributed by atoms with E-state index < -0.39 is 0 Å². The molecule has 0 aliphatic rings. The molecular weight excluding hydrogens is 494 g/mol. The van der Waals surface area contributed by atoms with E-state index >= 15 is 0 Å². The summed E-state index contributed by atoms with van der Waals surface area (Å²) in [6.07, 6.45) is 0. The number of rotatable bonds is 2. The zero-order valence-corrected chi connectivity index (χ0v) is 18.9. The van der Waals surface area contributed by atoms with Gasteiger partial charge in [0.1, 0.15) is 22.7 Å². The zero-order valence-electron chi connectivity index (χ0n) is 15.9. The van der Waals surface area contributed by atoms with E-state index in [0.29, 0.717) is 31.2 Å². The third-order valence-corrected chi connectivity index (χ3v) is 6.07. The molecule has 0 atom stereocenters. The maximum Gasteiger partial charge on any atom is 0.193 e. The summed E-state index contributed by atoms with van der Waals surface area (Å²) in [4.78, 5) is 25.6. The molecule has 5 aromatic rings. The van der Waals surface area contributed by atoms with Crippen LogP contribution in [-0.2, 0) is 0 Å². The van der Waals surface area contributed by atoms with E-state index in [4.69, 9.17) is 55.2 Å². The minimum atomic E-state index is -0.321. The van der Waals surface area contributed by atoms with E-state index in [1.54, 1.807) is 36.4 Å². The van der Waals surface area contributed by atoms with Gasteiger partial charge < -0.3 is 8.83 Å². The topological polar surface area (TPSA) is 60.4 Å². The lowest BCUT2D eigenvalue weighted by atomic mass is 10.1. The van der Waals surface area contributed by atoms with Crippen molar-refractivity contribution >= 4 is 68.3 Å². The Hall–Kier alpha value is -2.76. The molecule has 0 saturated heterocycles. The molecule has 0 aliphatic carbocycles. The summed E-state index contributed by atoms with van der Waals surface area (Å²) in [6.45, 7) is 0. The lowest BCUT2D eigenvalue weighted by Crippen LogP contribution is -2.05. The highest BCUT2D eigenvalue weighted by Gasteiger charge is 2.15. The van der Waals surface area contributed by atoms with Crippen LogP contribution >= 0.6 is 46.4 Å². The Bertz CT molecular complexity index is 1550. The third kappa shape index (κ3) is 3.70. The van der Waals surface area contributed by atoms with Gasteiger partial charge in [-0.15, -0.1) is 0 Å². The van der Waals surface area contributed by atoms with Gasteiger partial charge in [0, 0.05) is 39.4 Å². The standard InChI is InChI=1S/C24H10Cl4O4/c25-11-1-3-13(17(27)5-11)21-8-19(29)15-7-16-20(30)9-22(32-24(16)10-23(15)31-21)14-4-2-12(26)6-18(14)28/h1-10H. The van der Waals surface area contributed by atoms with Gasteiger partial charge in [0.2, 0.25) is 0 Å². The van der Waals surface area contributed by atoms with Crippen LogP contribution in [0.4, 0.5) is 0 Å². The molecule has 0 radical (unpaired) electrons. The first kappa shape index (κ1) is 21.1. The fourth-order valence-corrected chi connectivity index (χ4v) is 4.45. The molecule has 0 N–H and O–H groups in total. The summed E-state index contributed by atoms with van der Waals surface area (Å²) < 4.78 is 11.9. The Morgan fingerprint density at radius 3 is 1.38 bits per heavy atom. The normalized spacial score (nSPS) is 11.4. The van der Waals surface area contributed by atoms with Crippen LogP contribution < -0.4 is 10.9 Å². The molecule has 0 spiro atoms. The van der Waals surface area contributed by atoms with Crippen LogP contribution in [0.15, 0.2) is 79.1 Å². The Labute approximate surface area is 200 Å². The molecule has 158 valence electrons. The van der Waals surface area contributed by atoms with Gasteiger partial charge >= 0.3 is 0 Å². The molecular formula is C24H10Cl4O4. The molecule has 8 heteroatoms. The SMILES string of the molecule is O=c1cc(-c2ccc(Cl)cc2Cl)oc2cc3oc(-c4ccc(Cl)cc4Cl)cc(=O)c3cc12. The average molecular weight is 504 g/mol. The maximum absolute atomic E-state index is 12.8. The van der Waals surface area contributed by atoms with Gasteiger partial charge in [-0.05, 0) is 42.5 Å². The van der Waals surface area contributed by atoms with Crippen LogP contribution in [0.25, 0.3) is 44.6 Å². The first-order chi connectivity index (χ1) is 15.3. The summed E-state index contributed by atoms with van der Waals surface area (Å²) in [6, 6.07) is 15.4. The largest absolute Gasteiger partial charge is 0.456 e. The monoisotopic (exact) mass is 502 g/mol. The Balaban J connectivity index is 1.75. The molecule has 2 heterocycles. The summed E-state index contributed by atoms with van der Waals surface area (Å²) >= 11 is 24.5. The molecule has 0 saturated carbocycles. The van der Waals surface area contributed by atoms with Crippen molar-refractivity contribution in [2.24, 2.45) is 0 Å². The molecule has 3 aromatic carbocycles. The van der Waals surface area contributed by atoms with Crippen LogP contribution in [0.3, 0.4) is 0 Å². The number of hydrogen-bond donors (Lipinski definition) is 0. The second-order valence-corrected chi connectivity index (χ2v) is 8.73. The Morgan fingerprint density at radius 2 is 0.969 bits per heavy atom. The van der Waals surface area contributed by atoms with E-state index in [1.165, 1.54) is 24.3 Å². The van der Waals surface area contributed by atoms with Crippen LogP contribution in [-0.4, -0.2) is 0 Å². The summed E-state index contributed by atoms with van der Waals surface area (Å²) in [5, 5.41) is 2.09. The summed E-state index contributed by atoms with van der Waals surface area (Å²) in [5.41, 5.74) is 0.871. The summed E-state index contributed by atoms with van der Waals surface area (Å²) in [5.74, 6) is 0.533. The van der Waals surface area contributed by atoms with Crippen molar-refractivity contribution in [2.45, 2.75) is 0 Å². The van der Waals surface area contributed by atoms with Crippen molar-refractivity contribution in [1.82, 2.24) is 0 Å². The van der Waals surface area contributed by atoms with Crippen LogP contribution in [0.5, 0.6) is 0 Å². The van der Waals surface area contributed by atoms with Gasteiger partial charge in [-0.2, -0.15) is 0 Å². The molecule has 0 fully saturated rings. The quantitative estimate of drug-likeness (QED) is 0.230. The van der Waals surface area contributed by atoms with E-state index in [-0.39, 0.29) is 44.3 Å². The number of benzene rings is 3.